The number of hydrogen-bond donors (Lipinski definition) is 3. The molecule has 1 fully saturated rings. The second-order valence-corrected chi connectivity index (χ2v) is 5.72. The maximum absolute atomic E-state index is 11.7. The fourth-order valence-corrected chi connectivity index (χ4v) is 2.77. The number of nitrogens with one attached hydrogen (secondary N) is 2. The van der Waals surface area contributed by atoms with Gasteiger partial charge < -0.3 is 15.7 Å². The van der Waals surface area contributed by atoms with Gasteiger partial charge in [-0.1, -0.05) is 26.7 Å². The molecule has 0 aromatic carbocycles. The summed E-state index contributed by atoms with van der Waals surface area (Å²) >= 11 is 0. The van der Waals surface area contributed by atoms with E-state index in [1.807, 2.05) is 6.92 Å². The first-order valence-corrected chi connectivity index (χ1v) is 7.27. The van der Waals surface area contributed by atoms with Crippen molar-refractivity contribution in [3.8, 4) is 0 Å². The van der Waals surface area contributed by atoms with Crippen LogP contribution in [0.1, 0.15) is 52.4 Å². The summed E-state index contributed by atoms with van der Waals surface area (Å²) < 4.78 is 0. The van der Waals surface area contributed by atoms with Crippen LogP contribution in [0.25, 0.3) is 0 Å². The fraction of sp³-hybridized carbons (Fsp3) is 0.857. The topological polar surface area (TPSA) is 78.4 Å². The largest absolute Gasteiger partial charge is 0.481 e. The number of aliphatic carboxylic acids is 1. The molecule has 3 N–H and O–H groups in total. The first-order chi connectivity index (χ1) is 9.01. The Bertz CT molecular complexity index is 307. The van der Waals surface area contributed by atoms with Gasteiger partial charge in [0.15, 0.2) is 0 Å². The van der Waals surface area contributed by atoms with Crippen molar-refractivity contribution in [2.45, 2.75) is 58.4 Å². The number of carbonyl (C=O) groups is 2. The van der Waals surface area contributed by atoms with E-state index in [2.05, 4.69) is 17.6 Å². The van der Waals surface area contributed by atoms with Crippen LogP contribution in [-0.4, -0.2) is 29.7 Å². The summed E-state index contributed by atoms with van der Waals surface area (Å²) in [6.07, 6.45) is 5.13. The molecular weight excluding hydrogens is 244 g/mol. The highest BCUT2D eigenvalue weighted by molar-refractivity contribution is 5.75. The lowest BCUT2D eigenvalue weighted by molar-refractivity contribution is -0.137. The van der Waals surface area contributed by atoms with Gasteiger partial charge in [0.1, 0.15) is 0 Å². The van der Waals surface area contributed by atoms with Crippen molar-refractivity contribution in [1.29, 1.82) is 0 Å². The molecule has 1 aliphatic rings. The molecule has 1 rings (SSSR count). The van der Waals surface area contributed by atoms with E-state index < -0.39 is 5.97 Å². The Morgan fingerprint density at radius 3 is 2.63 bits per heavy atom. The molecule has 0 heterocycles. The van der Waals surface area contributed by atoms with Gasteiger partial charge in [-0.05, 0) is 31.1 Å². The normalized spacial score (nSPS) is 23.9. The smallest absolute Gasteiger partial charge is 0.315 e. The van der Waals surface area contributed by atoms with Crippen molar-refractivity contribution in [2.75, 3.05) is 6.54 Å². The minimum absolute atomic E-state index is 0.0122. The molecule has 0 saturated heterocycles. The first-order valence-electron chi connectivity index (χ1n) is 7.27. The van der Waals surface area contributed by atoms with Crippen LogP contribution in [0.15, 0.2) is 0 Å². The molecule has 0 spiro atoms. The molecular formula is C14H26N2O3. The van der Waals surface area contributed by atoms with Crippen molar-refractivity contribution < 1.29 is 14.7 Å². The number of hydrogen-bond acceptors (Lipinski definition) is 2. The lowest BCUT2D eigenvalue weighted by Crippen LogP contribution is -2.44. The van der Waals surface area contributed by atoms with Crippen molar-refractivity contribution in [1.82, 2.24) is 10.6 Å². The van der Waals surface area contributed by atoms with Gasteiger partial charge in [-0.2, -0.15) is 0 Å². The predicted octanol–water partition coefficient (Wildman–Crippen LogP) is 2.37. The van der Waals surface area contributed by atoms with E-state index in [1.54, 1.807) is 0 Å². The summed E-state index contributed by atoms with van der Waals surface area (Å²) in [4.78, 5) is 22.4. The molecule has 1 aliphatic carbocycles. The zero-order valence-corrected chi connectivity index (χ0v) is 11.9. The quantitative estimate of drug-likeness (QED) is 0.664. The van der Waals surface area contributed by atoms with Gasteiger partial charge in [0.2, 0.25) is 0 Å². The van der Waals surface area contributed by atoms with Gasteiger partial charge in [-0.25, -0.2) is 4.79 Å². The maximum atomic E-state index is 11.7. The molecule has 19 heavy (non-hydrogen) atoms. The van der Waals surface area contributed by atoms with Crippen molar-refractivity contribution in [3.63, 3.8) is 0 Å². The molecule has 0 aliphatic heterocycles. The predicted molar refractivity (Wildman–Crippen MR) is 74.0 cm³/mol. The van der Waals surface area contributed by atoms with Crippen LogP contribution in [-0.2, 0) is 4.79 Å². The number of urea groups is 1. The van der Waals surface area contributed by atoms with Crippen LogP contribution in [0.5, 0.6) is 0 Å². The highest BCUT2D eigenvalue weighted by atomic mass is 16.4. The molecule has 2 amide bonds. The molecule has 5 nitrogen and oxygen atoms in total. The summed E-state index contributed by atoms with van der Waals surface area (Å²) in [5.41, 5.74) is 0. The average Bonchev–Trinajstić information content (AvgIpc) is 2.72. The molecule has 3 atom stereocenters. The van der Waals surface area contributed by atoms with Gasteiger partial charge in [0.05, 0.1) is 6.42 Å². The zero-order chi connectivity index (χ0) is 14.3. The molecule has 0 radical (unpaired) electrons. The highest BCUT2D eigenvalue weighted by Gasteiger charge is 2.22. The third-order valence-electron chi connectivity index (χ3n) is 3.75. The molecule has 0 aromatic heterocycles. The standard InChI is InChI=1S/C14H26N2O3/c1-3-4-12(8-13(17)18)16-14(19)15-9-11-6-5-10(2)7-11/h10-12H,3-9H2,1-2H3,(H,17,18)(H2,15,16,19). The zero-order valence-electron chi connectivity index (χ0n) is 11.9. The highest BCUT2D eigenvalue weighted by Crippen LogP contribution is 2.29. The fourth-order valence-electron chi connectivity index (χ4n) is 2.77. The summed E-state index contributed by atoms with van der Waals surface area (Å²) in [5.74, 6) is 0.461. The van der Waals surface area contributed by atoms with Gasteiger partial charge in [0, 0.05) is 12.6 Å². The van der Waals surface area contributed by atoms with E-state index in [-0.39, 0.29) is 18.5 Å². The number of carboxylic acid groups (broad SMARTS) is 1. The van der Waals surface area contributed by atoms with E-state index in [0.717, 1.165) is 12.3 Å². The average molecular weight is 270 g/mol. The Balaban J connectivity index is 2.25. The summed E-state index contributed by atoms with van der Waals surface area (Å²) in [7, 11) is 0. The summed E-state index contributed by atoms with van der Waals surface area (Å²) in [6, 6.07) is -0.510. The Hall–Kier alpha value is -1.26. The van der Waals surface area contributed by atoms with E-state index >= 15 is 0 Å². The van der Waals surface area contributed by atoms with Crippen LogP contribution in [0.4, 0.5) is 4.79 Å². The first kappa shape index (κ1) is 15.8. The van der Waals surface area contributed by atoms with Gasteiger partial charge in [-0.3, -0.25) is 4.79 Å². The summed E-state index contributed by atoms with van der Waals surface area (Å²) in [5, 5.41) is 14.4. The van der Waals surface area contributed by atoms with Gasteiger partial charge in [0.25, 0.3) is 0 Å². The molecule has 110 valence electrons. The van der Waals surface area contributed by atoms with Crippen LogP contribution >= 0.6 is 0 Å². The van der Waals surface area contributed by atoms with Gasteiger partial charge in [-0.15, -0.1) is 0 Å². The molecule has 5 heteroatoms. The third-order valence-corrected chi connectivity index (χ3v) is 3.75. The van der Waals surface area contributed by atoms with Crippen LogP contribution < -0.4 is 10.6 Å². The van der Waals surface area contributed by atoms with Crippen LogP contribution in [0.2, 0.25) is 0 Å². The van der Waals surface area contributed by atoms with Crippen molar-refractivity contribution in [2.24, 2.45) is 11.8 Å². The monoisotopic (exact) mass is 270 g/mol. The van der Waals surface area contributed by atoms with Crippen molar-refractivity contribution in [3.05, 3.63) is 0 Å². The van der Waals surface area contributed by atoms with Crippen LogP contribution in [0, 0.1) is 11.8 Å². The number of carboxylic acids is 1. The number of rotatable bonds is 7. The minimum Gasteiger partial charge on any atom is -0.481 e. The molecule has 1 saturated carbocycles. The maximum Gasteiger partial charge on any atom is 0.315 e. The van der Waals surface area contributed by atoms with E-state index in [0.29, 0.717) is 18.9 Å². The van der Waals surface area contributed by atoms with Crippen molar-refractivity contribution >= 4 is 12.0 Å². The minimum atomic E-state index is -0.872. The Morgan fingerprint density at radius 2 is 2.11 bits per heavy atom. The van der Waals surface area contributed by atoms with E-state index in [4.69, 9.17) is 5.11 Å². The Kier molecular flexibility index (Phi) is 6.67. The number of amides is 2. The lowest BCUT2D eigenvalue weighted by atomic mass is 10.1. The molecule has 0 aromatic rings. The Labute approximate surface area is 115 Å². The van der Waals surface area contributed by atoms with Crippen LogP contribution in [0.3, 0.4) is 0 Å². The lowest BCUT2D eigenvalue weighted by Gasteiger charge is -2.18. The third kappa shape index (κ3) is 6.45. The van der Waals surface area contributed by atoms with E-state index in [1.165, 1.54) is 19.3 Å². The van der Waals surface area contributed by atoms with E-state index in [9.17, 15) is 9.59 Å². The number of carbonyl (C=O) groups excluding carboxylic acids is 1. The van der Waals surface area contributed by atoms with Gasteiger partial charge >= 0.3 is 12.0 Å². The summed E-state index contributed by atoms with van der Waals surface area (Å²) in [6.45, 7) is 4.92. The second-order valence-electron chi connectivity index (χ2n) is 5.72. The molecule has 3 unspecified atom stereocenters. The SMILES string of the molecule is CCCC(CC(=O)O)NC(=O)NCC1CCC(C)C1. The molecule has 0 bridgehead atoms. The second kappa shape index (κ2) is 8.02. The Morgan fingerprint density at radius 1 is 1.37 bits per heavy atom.